The van der Waals surface area contributed by atoms with Gasteiger partial charge in [0.1, 0.15) is 0 Å². The highest BCUT2D eigenvalue weighted by molar-refractivity contribution is 5.83. The maximum Gasteiger partial charge on any atom is 0.303 e. The summed E-state index contributed by atoms with van der Waals surface area (Å²) in [5.41, 5.74) is 13.8. The monoisotopic (exact) mass is 570 g/mol. The Morgan fingerprint density at radius 2 is 0.762 bits per heavy atom. The number of aromatic nitrogens is 4. The maximum absolute atomic E-state index is 9.37. The third-order valence-corrected chi connectivity index (χ3v) is 7.55. The number of aliphatic carboxylic acids is 2. The highest BCUT2D eigenvalue weighted by atomic mass is 16.4. The van der Waals surface area contributed by atoms with Crippen LogP contribution in [0.5, 0.6) is 0 Å². The molecule has 3 aromatic rings. The van der Waals surface area contributed by atoms with Gasteiger partial charge in [-0.25, -0.2) is 9.97 Å². The summed E-state index contributed by atoms with van der Waals surface area (Å²) < 4.78 is 4.75. The van der Waals surface area contributed by atoms with Crippen LogP contribution >= 0.6 is 0 Å². The van der Waals surface area contributed by atoms with Gasteiger partial charge in [-0.05, 0) is 112 Å². The van der Waals surface area contributed by atoms with Gasteiger partial charge in [0.05, 0.1) is 22.8 Å². The van der Waals surface area contributed by atoms with Crippen molar-refractivity contribution in [3.05, 3.63) is 69.3 Å². The van der Waals surface area contributed by atoms with E-state index in [-0.39, 0.29) is 12.8 Å². The minimum Gasteiger partial charge on any atom is -0.481 e. The Kier molecular flexibility index (Phi) is 10.6. The molecule has 8 heteroatoms. The molecule has 3 aromatic heterocycles. The van der Waals surface area contributed by atoms with Crippen molar-refractivity contribution in [1.29, 1.82) is 0 Å². The van der Waals surface area contributed by atoms with E-state index >= 15 is 0 Å². The van der Waals surface area contributed by atoms with Crippen LogP contribution in [0.2, 0.25) is 0 Å². The minimum absolute atomic E-state index is 0.222. The molecule has 0 atom stereocenters. The topological polar surface area (TPSA) is 110 Å². The van der Waals surface area contributed by atoms with Crippen molar-refractivity contribution in [2.75, 3.05) is 0 Å². The molecule has 5 heterocycles. The fraction of sp³-hybridized carbons (Fsp3) is 0.353. The number of fused-ring (bicyclic) bond motifs is 8. The average Bonchev–Trinajstić information content (AvgIpc) is 3.80. The summed E-state index contributed by atoms with van der Waals surface area (Å²) in [5.74, 6) is -1.49. The first kappa shape index (κ1) is 32.1. The van der Waals surface area contributed by atoms with Crippen molar-refractivity contribution < 1.29 is 19.8 Å². The van der Waals surface area contributed by atoms with Crippen LogP contribution in [0.4, 0.5) is 0 Å². The van der Waals surface area contributed by atoms with E-state index in [0.29, 0.717) is 0 Å². The Hall–Kier alpha value is -4.46. The molecule has 0 saturated carbocycles. The standard InChI is InChI=1S/C28H30N4.2C3H6O2/c1-7-31-25-13-14-26(31)18(4)22-10-12-24(30-22)20(6)28-16-15-27(32(28)8-2)19(5)23-11-9-21(29-23)17(25)3;2*1-2-3(4)5/h9-16H,7-8H2,1-6H3;2*2H2,1H3,(H,4,5). The molecule has 8 nitrogen and oxygen atoms in total. The van der Waals surface area contributed by atoms with Crippen molar-refractivity contribution in [3.8, 4) is 0 Å². The predicted molar refractivity (Wildman–Crippen MR) is 172 cm³/mol. The number of nitrogens with zero attached hydrogens (tertiary/aromatic N) is 4. The fourth-order valence-electron chi connectivity index (χ4n) is 5.01. The van der Waals surface area contributed by atoms with Crippen LogP contribution in [0, 0.1) is 27.7 Å². The van der Waals surface area contributed by atoms with E-state index in [4.69, 9.17) is 20.2 Å². The molecule has 0 aliphatic carbocycles. The fourth-order valence-corrected chi connectivity index (χ4v) is 5.01. The van der Waals surface area contributed by atoms with Gasteiger partial charge in [-0.1, -0.05) is 13.8 Å². The van der Waals surface area contributed by atoms with E-state index in [1.54, 1.807) is 13.8 Å². The molecular weight excluding hydrogens is 528 g/mol. The normalized spacial score (nSPS) is 11.4. The molecule has 42 heavy (non-hydrogen) atoms. The van der Waals surface area contributed by atoms with Gasteiger partial charge < -0.3 is 19.3 Å². The zero-order valence-electron chi connectivity index (χ0n) is 25.9. The van der Waals surface area contributed by atoms with Crippen LogP contribution in [-0.4, -0.2) is 41.3 Å². The summed E-state index contributed by atoms with van der Waals surface area (Å²) in [6.07, 6.45) is 9.05. The van der Waals surface area contributed by atoms with E-state index in [0.717, 1.165) is 35.9 Å². The van der Waals surface area contributed by atoms with Crippen LogP contribution < -0.4 is 0 Å². The summed E-state index contributed by atoms with van der Waals surface area (Å²) in [6.45, 7) is 18.1. The minimum atomic E-state index is -0.745. The number of aryl methyl sites for hydroxylation is 6. The molecule has 0 saturated heterocycles. The summed E-state index contributed by atoms with van der Waals surface area (Å²) in [5, 5.41) is 15.4. The Morgan fingerprint density at radius 1 is 0.548 bits per heavy atom. The summed E-state index contributed by atoms with van der Waals surface area (Å²) in [7, 11) is 0. The van der Waals surface area contributed by atoms with E-state index in [1.807, 2.05) is 0 Å². The van der Waals surface area contributed by atoms with Crippen LogP contribution in [0.3, 0.4) is 0 Å². The lowest BCUT2D eigenvalue weighted by atomic mass is 10.2. The molecule has 0 spiro atoms. The number of carboxylic acid groups (broad SMARTS) is 2. The second kappa shape index (κ2) is 13.9. The molecule has 2 aliphatic rings. The number of carboxylic acids is 2. The van der Waals surface area contributed by atoms with E-state index in [9.17, 15) is 9.59 Å². The number of hydrogen-bond donors (Lipinski definition) is 2. The van der Waals surface area contributed by atoms with Gasteiger partial charge in [0.15, 0.2) is 0 Å². The van der Waals surface area contributed by atoms with Crippen molar-refractivity contribution in [2.24, 2.45) is 0 Å². The van der Waals surface area contributed by atoms with Gasteiger partial charge >= 0.3 is 11.9 Å². The molecule has 0 amide bonds. The van der Waals surface area contributed by atoms with Crippen LogP contribution in [0.15, 0.2) is 24.3 Å². The largest absolute Gasteiger partial charge is 0.481 e. The Morgan fingerprint density at radius 3 is 0.929 bits per heavy atom. The molecule has 5 rings (SSSR count). The molecule has 0 aromatic carbocycles. The lowest BCUT2D eigenvalue weighted by Crippen LogP contribution is -1.98. The van der Waals surface area contributed by atoms with Crippen LogP contribution in [-0.2, 0) is 22.7 Å². The molecule has 222 valence electrons. The van der Waals surface area contributed by atoms with E-state index in [2.05, 4.69) is 99.2 Å². The lowest BCUT2D eigenvalue weighted by Gasteiger charge is -2.08. The molecule has 0 unspecified atom stereocenters. The van der Waals surface area contributed by atoms with Gasteiger partial charge in [-0.2, -0.15) is 0 Å². The third kappa shape index (κ3) is 6.70. The predicted octanol–water partition coefficient (Wildman–Crippen LogP) is 7.84. The summed E-state index contributed by atoms with van der Waals surface area (Å²) in [4.78, 5) is 28.8. The second-order valence-electron chi connectivity index (χ2n) is 10.1. The van der Waals surface area contributed by atoms with E-state index < -0.39 is 11.9 Å². The molecular formula is C34H42N4O4. The van der Waals surface area contributed by atoms with Crippen LogP contribution in [0.25, 0.3) is 46.4 Å². The second-order valence-corrected chi connectivity index (χ2v) is 10.1. The molecule has 2 N–H and O–H groups in total. The quantitative estimate of drug-likeness (QED) is 0.228. The zero-order valence-corrected chi connectivity index (χ0v) is 25.9. The Bertz CT molecular complexity index is 1490. The molecule has 0 fully saturated rings. The molecule has 2 aliphatic heterocycles. The highest BCUT2D eigenvalue weighted by Gasteiger charge is 2.14. The molecule has 8 bridgehead atoms. The van der Waals surface area contributed by atoms with Crippen molar-refractivity contribution in [1.82, 2.24) is 19.1 Å². The number of rotatable bonds is 4. The van der Waals surface area contributed by atoms with Crippen molar-refractivity contribution in [2.45, 2.75) is 81.3 Å². The first-order chi connectivity index (χ1) is 20.0. The maximum atomic E-state index is 9.37. The summed E-state index contributed by atoms with van der Waals surface area (Å²) >= 11 is 0. The Labute approximate surface area is 247 Å². The third-order valence-electron chi connectivity index (χ3n) is 7.55. The molecule has 0 radical (unpaired) electrons. The summed E-state index contributed by atoms with van der Waals surface area (Å²) in [6, 6.07) is 8.87. The van der Waals surface area contributed by atoms with Gasteiger partial charge in [0, 0.05) is 48.0 Å². The number of hydrogen-bond acceptors (Lipinski definition) is 4. The highest BCUT2D eigenvalue weighted by Crippen LogP contribution is 2.28. The van der Waals surface area contributed by atoms with Crippen molar-refractivity contribution >= 4 is 58.3 Å². The van der Waals surface area contributed by atoms with E-state index in [1.165, 1.54) is 44.3 Å². The van der Waals surface area contributed by atoms with Gasteiger partial charge in [0.2, 0.25) is 0 Å². The van der Waals surface area contributed by atoms with Crippen LogP contribution in [0.1, 0.15) is 85.6 Å². The SMILES string of the molecule is CCC(=O)O.CCC(=O)O.CCn1c2ccc1c(C)c1nc(c(C)c3ccc(c(C)c4nc(c2C)C=C4)n3CC)C=C1. The first-order valence-corrected chi connectivity index (χ1v) is 14.5. The average molecular weight is 571 g/mol. The zero-order chi connectivity index (χ0) is 31.1. The van der Waals surface area contributed by atoms with Crippen molar-refractivity contribution in [3.63, 3.8) is 0 Å². The number of carbonyl (C=O) groups is 2. The smallest absolute Gasteiger partial charge is 0.303 e. The van der Waals surface area contributed by atoms with Gasteiger partial charge in [-0.15, -0.1) is 0 Å². The van der Waals surface area contributed by atoms with Gasteiger partial charge in [0.25, 0.3) is 0 Å². The lowest BCUT2D eigenvalue weighted by molar-refractivity contribution is -0.137. The Balaban J connectivity index is 0.000000420. The van der Waals surface area contributed by atoms with Gasteiger partial charge in [-0.3, -0.25) is 9.59 Å². The first-order valence-electron chi connectivity index (χ1n) is 14.5.